The van der Waals surface area contributed by atoms with Gasteiger partial charge in [0.2, 0.25) is 0 Å². The van der Waals surface area contributed by atoms with Gasteiger partial charge >= 0.3 is 0 Å². The molecule has 0 saturated heterocycles. The van der Waals surface area contributed by atoms with Crippen LogP contribution in [0.1, 0.15) is 10.6 Å². The molecule has 1 heterocycles. The third kappa shape index (κ3) is 2.72. The predicted molar refractivity (Wildman–Crippen MR) is 65.8 cm³/mol. The Balaban J connectivity index is 1.95. The van der Waals surface area contributed by atoms with Crippen LogP contribution >= 0.6 is 22.9 Å². The molecule has 2 aromatic rings. The van der Waals surface area contributed by atoms with Crippen molar-refractivity contribution in [2.75, 3.05) is 0 Å². The Morgan fingerprint density at radius 1 is 1.38 bits per heavy atom. The Labute approximate surface area is 103 Å². The van der Waals surface area contributed by atoms with Gasteiger partial charge < -0.3 is 10.4 Å². The van der Waals surface area contributed by atoms with E-state index in [0.717, 1.165) is 10.6 Å². The summed E-state index contributed by atoms with van der Waals surface area (Å²) < 4.78 is 0. The lowest BCUT2D eigenvalue weighted by Crippen LogP contribution is -2.12. The van der Waals surface area contributed by atoms with E-state index in [1.807, 2.05) is 5.38 Å². The lowest BCUT2D eigenvalue weighted by atomic mass is 10.2. The smallest absolute Gasteiger partial charge is 0.121 e. The van der Waals surface area contributed by atoms with Crippen molar-refractivity contribution in [1.82, 2.24) is 10.3 Å². The van der Waals surface area contributed by atoms with Crippen LogP contribution in [-0.2, 0) is 13.1 Å². The zero-order chi connectivity index (χ0) is 11.4. The van der Waals surface area contributed by atoms with Gasteiger partial charge in [-0.1, -0.05) is 17.7 Å². The summed E-state index contributed by atoms with van der Waals surface area (Å²) in [6, 6.07) is 5.12. The summed E-state index contributed by atoms with van der Waals surface area (Å²) in [5.74, 6) is 0.221. The summed E-state index contributed by atoms with van der Waals surface area (Å²) in [4.78, 5) is 4.15. The number of nitrogens with one attached hydrogen (secondary N) is 1. The Bertz CT molecular complexity index is 439. The first-order chi connectivity index (χ1) is 7.77. The summed E-state index contributed by atoms with van der Waals surface area (Å²) in [6.45, 7) is 1.22. The lowest BCUT2D eigenvalue weighted by Gasteiger charge is -2.07. The van der Waals surface area contributed by atoms with Crippen molar-refractivity contribution >= 4 is 22.9 Å². The fourth-order valence-electron chi connectivity index (χ4n) is 1.36. The first-order valence-corrected chi connectivity index (χ1v) is 6.08. The molecule has 3 nitrogen and oxygen atoms in total. The van der Waals surface area contributed by atoms with Gasteiger partial charge in [0.25, 0.3) is 0 Å². The van der Waals surface area contributed by atoms with E-state index in [1.54, 1.807) is 35.7 Å². The van der Waals surface area contributed by atoms with Crippen molar-refractivity contribution in [1.29, 1.82) is 0 Å². The van der Waals surface area contributed by atoms with Gasteiger partial charge in [0.05, 0.1) is 0 Å². The topological polar surface area (TPSA) is 45.1 Å². The van der Waals surface area contributed by atoms with Crippen LogP contribution in [-0.4, -0.2) is 10.1 Å². The minimum Gasteiger partial charge on any atom is -0.508 e. The highest BCUT2D eigenvalue weighted by Gasteiger charge is 2.05. The fourth-order valence-corrected chi connectivity index (χ4v) is 2.18. The molecule has 0 radical (unpaired) electrons. The first kappa shape index (κ1) is 11.4. The predicted octanol–water partition coefficient (Wildman–Crippen LogP) is 2.79. The van der Waals surface area contributed by atoms with E-state index < -0.39 is 0 Å². The van der Waals surface area contributed by atoms with Crippen molar-refractivity contribution in [3.63, 3.8) is 0 Å². The van der Waals surface area contributed by atoms with Gasteiger partial charge in [0.15, 0.2) is 0 Å². The molecule has 2 N–H and O–H groups in total. The summed E-state index contributed by atoms with van der Waals surface area (Å²) in [6.07, 6.45) is 1.77. The Hall–Kier alpha value is -1.10. The number of nitrogens with zero attached hydrogens (tertiary/aromatic N) is 1. The maximum absolute atomic E-state index is 9.61. The van der Waals surface area contributed by atoms with Crippen LogP contribution in [0.2, 0.25) is 5.02 Å². The molecule has 0 aliphatic carbocycles. The zero-order valence-electron chi connectivity index (χ0n) is 8.48. The van der Waals surface area contributed by atoms with Gasteiger partial charge in [-0.2, -0.15) is 0 Å². The van der Waals surface area contributed by atoms with Gasteiger partial charge in [-0.25, -0.2) is 4.98 Å². The second-order valence-electron chi connectivity index (χ2n) is 3.27. The van der Waals surface area contributed by atoms with Crippen molar-refractivity contribution in [2.45, 2.75) is 13.1 Å². The van der Waals surface area contributed by atoms with E-state index in [0.29, 0.717) is 18.1 Å². The second-order valence-corrected chi connectivity index (χ2v) is 4.65. The quantitative estimate of drug-likeness (QED) is 0.882. The summed E-state index contributed by atoms with van der Waals surface area (Å²) >= 11 is 7.57. The number of phenols is 1. The molecule has 84 valence electrons. The van der Waals surface area contributed by atoms with Gasteiger partial charge in [-0.3, -0.25) is 0 Å². The third-order valence-corrected chi connectivity index (χ3v) is 3.29. The second kappa shape index (κ2) is 5.30. The molecule has 5 heteroatoms. The Morgan fingerprint density at radius 2 is 2.25 bits per heavy atom. The number of rotatable bonds is 4. The molecule has 0 atom stereocenters. The Kier molecular flexibility index (Phi) is 3.77. The largest absolute Gasteiger partial charge is 0.508 e. The zero-order valence-corrected chi connectivity index (χ0v) is 10.1. The molecular formula is C11H11ClN2OS. The summed E-state index contributed by atoms with van der Waals surface area (Å²) in [5, 5.41) is 16.3. The van der Waals surface area contributed by atoms with E-state index in [-0.39, 0.29) is 5.75 Å². The van der Waals surface area contributed by atoms with Crippen LogP contribution in [0.3, 0.4) is 0 Å². The highest BCUT2D eigenvalue weighted by Crippen LogP contribution is 2.24. The molecule has 0 aliphatic heterocycles. The van der Waals surface area contributed by atoms with Gasteiger partial charge in [-0.15, -0.1) is 11.3 Å². The molecule has 0 fully saturated rings. The Morgan fingerprint density at radius 3 is 2.94 bits per heavy atom. The van der Waals surface area contributed by atoms with Crippen LogP contribution in [0.4, 0.5) is 0 Å². The number of aromatic nitrogens is 1. The summed E-state index contributed by atoms with van der Waals surface area (Å²) in [5.41, 5.74) is 0.723. The van der Waals surface area contributed by atoms with Crippen molar-refractivity contribution < 1.29 is 5.11 Å². The molecule has 0 bridgehead atoms. The lowest BCUT2D eigenvalue weighted by molar-refractivity contribution is 0.464. The highest BCUT2D eigenvalue weighted by molar-refractivity contribution is 7.09. The van der Waals surface area contributed by atoms with Crippen LogP contribution in [0.25, 0.3) is 0 Å². The first-order valence-electron chi connectivity index (χ1n) is 4.83. The SMILES string of the molecule is Oc1cccc(Cl)c1CNCc1nccs1. The maximum Gasteiger partial charge on any atom is 0.121 e. The van der Waals surface area contributed by atoms with Crippen LogP contribution < -0.4 is 5.32 Å². The van der Waals surface area contributed by atoms with Gasteiger partial charge in [0, 0.05) is 35.3 Å². The standard InChI is InChI=1S/C11H11ClN2OS/c12-9-2-1-3-10(15)8(9)6-13-7-11-14-4-5-16-11/h1-5,13,15H,6-7H2. The number of hydrogen-bond acceptors (Lipinski definition) is 4. The minimum atomic E-state index is 0.221. The normalized spacial score (nSPS) is 10.6. The molecule has 16 heavy (non-hydrogen) atoms. The monoisotopic (exact) mass is 254 g/mol. The van der Waals surface area contributed by atoms with E-state index >= 15 is 0 Å². The molecule has 0 amide bonds. The number of phenolic OH excluding ortho intramolecular Hbond substituents is 1. The average molecular weight is 255 g/mol. The third-order valence-electron chi connectivity index (χ3n) is 2.16. The van der Waals surface area contributed by atoms with Crippen molar-refractivity contribution in [2.24, 2.45) is 0 Å². The molecule has 0 unspecified atom stereocenters. The molecule has 0 saturated carbocycles. The molecule has 0 aliphatic rings. The fraction of sp³-hybridized carbons (Fsp3) is 0.182. The molecule has 1 aromatic carbocycles. The van der Waals surface area contributed by atoms with Crippen LogP contribution in [0.15, 0.2) is 29.8 Å². The molecule has 2 rings (SSSR count). The average Bonchev–Trinajstić information content (AvgIpc) is 2.75. The van der Waals surface area contributed by atoms with E-state index in [1.165, 1.54) is 0 Å². The number of hydrogen-bond donors (Lipinski definition) is 2. The van der Waals surface area contributed by atoms with Gasteiger partial charge in [0.1, 0.15) is 10.8 Å². The molecule has 0 spiro atoms. The van der Waals surface area contributed by atoms with Gasteiger partial charge in [-0.05, 0) is 12.1 Å². The highest BCUT2D eigenvalue weighted by atomic mass is 35.5. The molecular weight excluding hydrogens is 244 g/mol. The number of aromatic hydroxyl groups is 1. The van der Waals surface area contributed by atoms with Crippen LogP contribution in [0.5, 0.6) is 5.75 Å². The van der Waals surface area contributed by atoms with Crippen molar-refractivity contribution in [3.05, 3.63) is 45.4 Å². The minimum absolute atomic E-state index is 0.221. The number of halogens is 1. The number of benzene rings is 1. The summed E-state index contributed by atoms with van der Waals surface area (Å²) in [7, 11) is 0. The van der Waals surface area contributed by atoms with Crippen LogP contribution in [0, 0.1) is 0 Å². The van der Waals surface area contributed by atoms with E-state index in [9.17, 15) is 5.11 Å². The van der Waals surface area contributed by atoms with E-state index in [4.69, 9.17) is 11.6 Å². The molecule has 1 aromatic heterocycles. The maximum atomic E-state index is 9.61. The van der Waals surface area contributed by atoms with Crippen molar-refractivity contribution in [3.8, 4) is 5.75 Å². The number of thiazole rings is 1. The van der Waals surface area contributed by atoms with E-state index in [2.05, 4.69) is 10.3 Å².